The smallest absolute Gasteiger partial charge is 0.480 e. The molecule has 4 aromatic carbocycles. The number of benzene rings is 4. The Balaban J connectivity index is 1.39. The summed E-state index contributed by atoms with van der Waals surface area (Å²) >= 11 is 0. The number of hydrogen-bond donors (Lipinski definition) is 2. The van der Waals surface area contributed by atoms with Crippen molar-refractivity contribution in [2.75, 3.05) is 0 Å². The van der Waals surface area contributed by atoms with E-state index < -0.39 is 35.7 Å². The van der Waals surface area contributed by atoms with E-state index in [4.69, 9.17) is 9.31 Å². The van der Waals surface area contributed by atoms with Gasteiger partial charge in [-0.3, -0.25) is 4.79 Å². The summed E-state index contributed by atoms with van der Waals surface area (Å²) in [4.78, 5) is 26.2. The second-order valence-electron chi connectivity index (χ2n) is 12.2. The highest BCUT2D eigenvalue weighted by Gasteiger charge is 2.51. The summed E-state index contributed by atoms with van der Waals surface area (Å²) in [6, 6.07) is 36.1. The standard InChI is InChI=1S/C36H38BNO5/c1-34(2)35(3,4)43-37(42-34)30-22-20-26(21-23-30)24-31(33(40)41)38-32(39)25-36(27-14-8-5-9-15-27,28-16-10-6-11-17-28)29-18-12-7-13-19-29/h5-23,31H,24-25H2,1-4H3,(H,38,39)(H,40,41)/t31-/m1/s1. The van der Waals surface area contributed by atoms with Crippen molar-refractivity contribution >= 4 is 24.5 Å². The van der Waals surface area contributed by atoms with E-state index in [1.54, 1.807) is 0 Å². The molecule has 43 heavy (non-hydrogen) atoms. The second-order valence-corrected chi connectivity index (χ2v) is 12.2. The number of carboxylic acid groups (broad SMARTS) is 1. The summed E-state index contributed by atoms with van der Waals surface area (Å²) in [6.45, 7) is 8.01. The van der Waals surface area contributed by atoms with Crippen LogP contribution in [0.3, 0.4) is 0 Å². The minimum absolute atomic E-state index is 0.0374. The Morgan fingerprint density at radius 3 is 1.53 bits per heavy atom. The zero-order chi connectivity index (χ0) is 30.7. The molecule has 0 saturated carbocycles. The Morgan fingerprint density at radius 1 is 0.721 bits per heavy atom. The largest absolute Gasteiger partial charge is 0.494 e. The molecule has 1 heterocycles. The lowest BCUT2D eigenvalue weighted by molar-refractivity contribution is -0.141. The Morgan fingerprint density at radius 2 is 1.14 bits per heavy atom. The van der Waals surface area contributed by atoms with Gasteiger partial charge >= 0.3 is 13.1 Å². The number of rotatable bonds is 10. The van der Waals surface area contributed by atoms with Crippen molar-refractivity contribution in [1.82, 2.24) is 5.32 Å². The van der Waals surface area contributed by atoms with E-state index in [1.165, 1.54) is 0 Å². The minimum atomic E-state index is -1.10. The number of amides is 1. The van der Waals surface area contributed by atoms with Gasteiger partial charge in [-0.1, -0.05) is 115 Å². The number of carbonyl (C=O) groups is 2. The summed E-state index contributed by atoms with van der Waals surface area (Å²) in [5, 5.41) is 13.0. The topological polar surface area (TPSA) is 84.9 Å². The molecule has 7 heteroatoms. The second kappa shape index (κ2) is 12.2. The third-order valence-electron chi connectivity index (χ3n) is 8.80. The molecule has 4 aromatic rings. The first-order chi connectivity index (χ1) is 20.5. The first kappa shape index (κ1) is 30.3. The molecule has 0 aliphatic carbocycles. The van der Waals surface area contributed by atoms with Crippen molar-refractivity contribution in [2.24, 2.45) is 0 Å². The highest BCUT2D eigenvalue weighted by Crippen LogP contribution is 2.42. The molecule has 1 atom stereocenters. The van der Waals surface area contributed by atoms with Crippen LogP contribution in [-0.4, -0.2) is 41.3 Å². The van der Waals surface area contributed by atoms with Crippen molar-refractivity contribution in [2.45, 2.75) is 63.2 Å². The molecule has 1 aliphatic rings. The van der Waals surface area contributed by atoms with E-state index in [0.29, 0.717) is 0 Å². The maximum absolute atomic E-state index is 13.8. The van der Waals surface area contributed by atoms with Gasteiger partial charge in [-0.2, -0.15) is 0 Å². The Kier molecular flexibility index (Phi) is 8.58. The summed E-state index contributed by atoms with van der Waals surface area (Å²) in [6.07, 6.45) is 0.176. The fourth-order valence-corrected chi connectivity index (χ4v) is 5.69. The Labute approximate surface area is 254 Å². The molecule has 1 fully saturated rings. The van der Waals surface area contributed by atoms with Crippen LogP contribution in [0.4, 0.5) is 0 Å². The van der Waals surface area contributed by atoms with Gasteiger partial charge in [0.2, 0.25) is 5.91 Å². The van der Waals surface area contributed by atoms with Gasteiger partial charge in [-0.25, -0.2) is 4.79 Å². The highest BCUT2D eigenvalue weighted by molar-refractivity contribution is 6.62. The molecule has 2 N–H and O–H groups in total. The predicted octanol–water partition coefficient (Wildman–Crippen LogP) is 5.52. The van der Waals surface area contributed by atoms with Gasteiger partial charge in [0.1, 0.15) is 6.04 Å². The zero-order valence-electron chi connectivity index (χ0n) is 25.1. The van der Waals surface area contributed by atoms with Crippen LogP contribution in [0.1, 0.15) is 56.4 Å². The third-order valence-corrected chi connectivity index (χ3v) is 8.80. The van der Waals surface area contributed by atoms with Crippen LogP contribution in [0.5, 0.6) is 0 Å². The summed E-state index contributed by atoms with van der Waals surface area (Å²) < 4.78 is 12.3. The van der Waals surface area contributed by atoms with Crippen molar-refractivity contribution in [1.29, 1.82) is 0 Å². The number of hydrogen-bond acceptors (Lipinski definition) is 4. The summed E-state index contributed by atoms with van der Waals surface area (Å²) in [5.74, 6) is -1.44. The van der Waals surface area contributed by atoms with Gasteiger partial charge in [0.15, 0.2) is 0 Å². The van der Waals surface area contributed by atoms with Crippen molar-refractivity contribution in [3.05, 3.63) is 138 Å². The lowest BCUT2D eigenvalue weighted by atomic mass is 9.67. The lowest BCUT2D eigenvalue weighted by Gasteiger charge is -2.36. The SMILES string of the molecule is CC1(C)OB(c2ccc(C[C@@H](NC(=O)CC(c3ccccc3)(c3ccccc3)c3ccccc3)C(=O)O)cc2)OC1(C)C. The Bertz CT molecular complexity index is 1430. The Hall–Kier alpha value is -4.20. The maximum Gasteiger partial charge on any atom is 0.494 e. The van der Waals surface area contributed by atoms with Crippen LogP contribution in [0.2, 0.25) is 0 Å². The van der Waals surface area contributed by atoms with Crippen LogP contribution in [0.25, 0.3) is 0 Å². The zero-order valence-corrected chi connectivity index (χ0v) is 25.1. The first-order valence-electron chi connectivity index (χ1n) is 14.6. The number of carboxylic acids is 1. The van der Waals surface area contributed by atoms with Gasteiger partial charge < -0.3 is 19.7 Å². The molecule has 0 aromatic heterocycles. The molecular weight excluding hydrogens is 537 g/mol. The minimum Gasteiger partial charge on any atom is -0.480 e. The average molecular weight is 576 g/mol. The normalized spacial score (nSPS) is 16.4. The molecule has 1 saturated heterocycles. The van der Waals surface area contributed by atoms with Crippen LogP contribution in [-0.2, 0) is 30.7 Å². The molecule has 220 valence electrons. The molecule has 1 aliphatic heterocycles. The van der Waals surface area contributed by atoms with Crippen LogP contribution >= 0.6 is 0 Å². The van der Waals surface area contributed by atoms with Crippen LogP contribution < -0.4 is 10.8 Å². The molecule has 0 bridgehead atoms. The van der Waals surface area contributed by atoms with Gasteiger partial charge in [0.05, 0.1) is 16.6 Å². The number of aliphatic carboxylic acids is 1. The van der Waals surface area contributed by atoms with E-state index in [1.807, 2.05) is 143 Å². The van der Waals surface area contributed by atoms with Gasteiger partial charge in [0.25, 0.3) is 0 Å². The van der Waals surface area contributed by atoms with Crippen molar-refractivity contribution in [3.8, 4) is 0 Å². The molecule has 0 radical (unpaired) electrons. The van der Waals surface area contributed by atoms with Crippen molar-refractivity contribution < 1.29 is 24.0 Å². The first-order valence-corrected chi connectivity index (χ1v) is 14.6. The fourth-order valence-electron chi connectivity index (χ4n) is 5.69. The van der Waals surface area contributed by atoms with Gasteiger partial charge in [-0.05, 0) is 55.4 Å². The van der Waals surface area contributed by atoms with Gasteiger partial charge in [0, 0.05) is 12.8 Å². The third kappa shape index (κ3) is 6.29. The van der Waals surface area contributed by atoms with Crippen molar-refractivity contribution in [3.63, 3.8) is 0 Å². The number of nitrogens with one attached hydrogen (secondary N) is 1. The number of carbonyl (C=O) groups excluding carboxylic acids is 1. The van der Waals surface area contributed by atoms with Gasteiger partial charge in [-0.15, -0.1) is 0 Å². The maximum atomic E-state index is 13.8. The van der Waals surface area contributed by atoms with E-state index in [2.05, 4.69) is 5.32 Å². The summed E-state index contributed by atoms with van der Waals surface area (Å²) in [5.41, 5.74) is 2.77. The predicted molar refractivity (Wildman–Crippen MR) is 169 cm³/mol. The lowest BCUT2D eigenvalue weighted by Crippen LogP contribution is -2.45. The average Bonchev–Trinajstić information content (AvgIpc) is 3.23. The molecule has 0 spiro atoms. The molecule has 6 nitrogen and oxygen atoms in total. The molecule has 0 unspecified atom stereocenters. The van der Waals surface area contributed by atoms with E-state index in [0.717, 1.165) is 27.7 Å². The summed E-state index contributed by atoms with van der Waals surface area (Å²) in [7, 11) is -0.504. The molecule has 1 amide bonds. The fraction of sp³-hybridized carbons (Fsp3) is 0.278. The van der Waals surface area contributed by atoms with E-state index in [9.17, 15) is 14.7 Å². The highest BCUT2D eigenvalue weighted by atomic mass is 16.7. The monoisotopic (exact) mass is 575 g/mol. The van der Waals surface area contributed by atoms with E-state index >= 15 is 0 Å². The quantitative estimate of drug-likeness (QED) is 0.192. The van der Waals surface area contributed by atoms with Crippen LogP contribution in [0, 0.1) is 0 Å². The van der Waals surface area contributed by atoms with E-state index in [-0.39, 0.29) is 18.7 Å². The molecule has 5 rings (SSSR count). The molecular formula is C36H38BNO5. The van der Waals surface area contributed by atoms with Crippen LogP contribution in [0.15, 0.2) is 115 Å².